The first-order valence-electron chi connectivity index (χ1n) is 8.27. The van der Waals surface area contributed by atoms with E-state index in [0.717, 1.165) is 16.9 Å². The van der Waals surface area contributed by atoms with Crippen LogP contribution in [-0.2, 0) is 0 Å². The Morgan fingerprint density at radius 1 is 1.00 bits per heavy atom. The Morgan fingerprint density at radius 2 is 1.72 bits per heavy atom. The minimum Gasteiger partial charge on any atom is -0.377 e. The zero-order valence-corrected chi connectivity index (χ0v) is 14.4. The smallest absolute Gasteiger partial charge is 0.257 e. The van der Waals surface area contributed by atoms with E-state index in [1.807, 2.05) is 55.5 Å². The maximum atomic E-state index is 12.5. The number of anilines is 2. The third-order valence-electron chi connectivity index (χ3n) is 4.08. The summed E-state index contributed by atoms with van der Waals surface area (Å²) in [5.41, 5.74) is 4.35. The van der Waals surface area contributed by atoms with Crippen LogP contribution < -0.4 is 10.6 Å². The van der Waals surface area contributed by atoms with Crippen LogP contribution in [0.5, 0.6) is 0 Å². The van der Waals surface area contributed by atoms with Crippen molar-refractivity contribution >= 4 is 17.3 Å². The van der Waals surface area contributed by atoms with Crippen LogP contribution in [0.3, 0.4) is 0 Å². The number of aryl methyl sites for hydroxylation is 1. The van der Waals surface area contributed by atoms with E-state index >= 15 is 0 Å². The molecule has 4 nitrogen and oxygen atoms in total. The van der Waals surface area contributed by atoms with Crippen LogP contribution in [0, 0.1) is 6.92 Å². The summed E-state index contributed by atoms with van der Waals surface area (Å²) in [5.74, 6) is -0.169. The number of carbonyl (C=O) groups excluding carboxylic acids is 1. The first-order chi connectivity index (χ1) is 12.1. The van der Waals surface area contributed by atoms with Gasteiger partial charge in [0.2, 0.25) is 0 Å². The maximum absolute atomic E-state index is 12.5. The summed E-state index contributed by atoms with van der Waals surface area (Å²) in [6.45, 7) is 4.04. The quantitative estimate of drug-likeness (QED) is 0.705. The Labute approximate surface area is 147 Å². The molecule has 0 aliphatic rings. The number of pyridine rings is 1. The molecule has 1 amide bonds. The molecule has 0 saturated carbocycles. The molecule has 0 saturated heterocycles. The molecule has 0 aliphatic heterocycles. The van der Waals surface area contributed by atoms with Gasteiger partial charge in [-0.25, -0.2) is 0 Å². The highest BCUT2D eigenvalue weighted by molar-refractivity contribution is 6.04. The van der Waals surface area contributed by atoms with Crippen LogP contribution in [-0.4, -0.2) is 10.9 Å². The summed E-state index contributed by atoms with van der Waals surface area (Å²) in [4.78, 5) is 16.7. The van der Waals surface area contributed by atoms with E-state index in [0.29, 0.717) is 5.56 Å². The molecule has 25 heavy (non-hydrogen) atoms. The molecular weight excluding hydrogens is 310 g/mol. The van der Waals surface area contributed by atoms with E-state index in [4.69, 9.17) is 0 Å². The molecule has 4 heteroatoms. The van der Waals surface area contributed by atoms with Crippen molar-refractivity contribution in [3.05, 3.63) is 89.7 Å². The van der Waals surface area contributed by atoms with Gasteiger partial charge in [0.05, 0.1) is 11.3 Å². The van der Waals surface area contributed by atoms with Gasteiger partial charge in [-0.05, 0) is 37.1 Å². The molecule has 2 aromatic carbocycles. The highest BCUT2D eigenvalue weighted by Gasteiger charge is 2.10. The Kier molecular flexibility index (Phi) is 5.09. The van der Waals surface area contributed by atoms with Crippen LogP contribution in [0.4, 0.5) is 11.4 Å². The van der Waals surface area contributed by atoms with Crippen LogP contribution in [0.15, 0.2) is 73.1 Å². The molecule has 2 N–H and O–H groups in total. The fraction of sp³-hybridized carbons (Fsp3) is 0.143. The summed E-state index contributed by atoms with van der Waals surface area (Å²) in [6.07, 6.45) is 3.30. The Hall–Kier alpha value is -3.14. The van der Waals surface area contributed by atoms with Crippen molar-refractivity contribution in [1.82, 2.24) is 4.98 Å². The van der Waals surface area contributed by atoms with E-state index in [2.05, 4.69) is 34.7 Å². The van der Waals surface area contributed by atoms with Crippen molar-refractivity contribution in [2.75, 3.05) is 10.6 Å². The normalized spacial score (nSPS) is 11.6. The van der Waals surface area contributed by atoms with E-state index in [1.165, 1.54) is 5.56 Å². The zero-order chi connectivity index (χ0) is 17.6. The molecule has 0 radical (unpaired) electrons. The predicted octanol–water partition coefficient (Wildman–Crippen LogP) is 4.82. The average molecular weight is 331 g/mol. The standard InChI is InChI=1S/C21H21N3O/c1-15-8-6-7-11-20(15)24-21(25)18-12-19(14-22-13-18)23-16(2)17-9-4-3-5-10-17/h3-14,16,23H,1-2H3,(H,24,25). The molecular formula is C21H21N3O. The molecule has 1 unspecified atom stereocenters. The Bertz CT molecular complexity index is 862. The fourth-order valence-corrected chi connectivity index (χ4v) is 2.63. The monoisotopic (exact) mass is 331 g/mol. The zero-order valence-electron chi connectivity index (χ0n) is 14.4. The molecule has 3 aromatic rings. The third kappa shape index (κ3) is 4.23. The van der Waals surface area contributed by atoms with Crippen LogP contribution >= 0.6 is 0 Å². The van der Waals surface area contributed by atoms with Crippen molar-refractivity contribution in [3.63, 3.8) is 0 Å². The number of para-hydroxylation sites is 1. The van der Waals surface area contributed by atoms with Crippen molar-refractivity contribution in [2.45, 2.75) is 19.9 Å². The van der Waals surface area contributed by atoms with Crippen LogP contribution in [0.2, 0.25) is 0 Å². The predicted molar refractivity (Wildman–Crippen MR) is 102 cm³/mol. The lowest BCUT2D eigenvalue weighted by atomic mass is 10.1. The number of nitrogens with zero attached hydrogens (tertiary/aromatic N) is 1. The van der Waals surface area contributed by atoms with Crippen LogP contribution in [0.25, 0.3) is 0 Å². The van der Waals surface area contributed by atoms with Gasteiger partial charge in [-0.15, -0.1) is 0 Å². The van der Waals surface area contributed by atoms with Gasteiger partial charge >= 0.3 is 0 Å². The second-order valence-corrected chi connectivity index (χ2v) is 6.01. The van der Waals surface area contributed by atoms with Gasteiger partial charge in [0.25, 0.3) is 5.91 Å². The first kappa shape index (κ1) is 16.7. The Balaban J connectivity index is 1.73. The highest BCUT2D eigenvalue weighted by atomic mass is 16.1. The molecule has 0 spiro atoms. The lowest BCUT2D eigenvalue weighted by Crippen LogP contribution is -2.14. The first-order valence-corrected chi connectivity index (χ1v) is 8.27. The molecule has 0 bridgehead atoms. The lowest BCUT2D eigenvalue weighted by molar-refractivity contribution is 0.102. The molecule has 1 atom stereocenters. The highest BCUT2D eigenvalue weighted by Crippen LogP contribution is 2.20. The van der Waals surface area contributed by atoms with Gasteiger partial charge < -0.3 is 10.6 Å². The lowest BCUT2D eigenvalue weighted by Gasteiger charge is -2.16. The Morgan fingerprint density at radius 3 is 2.48 bits per heavy atom. The van der Waals surface area contributed by atoms with Gasteiger partial charge in [0.15, 0.2) is 0 Å². The second kappa shape index (κ2) is 7.62. The fourth-order valence-electron chi connectivity index (χ4n) is 2.63. The molecule has 1 heterocycles. The minimum atomic E-state index is -0.169. The maximum Gasteiger partial charge on any atom is 0.257 e. The van der Waals surface area contributed by atoms with Gasteiger partial charge in [-0.1, -0.05) is 48.5 Å². The summed E-state index contributed by atoms with van der Waals surface area (Å²) in [6, 6.07) is 19.8. The van der Waals surface area contributed by atoms with Gasteiger partial charge in [-0.3, -0.25) is 9.78 Å². The van der Waals surface area contributed by atoms with Gasteiger partial charge in [0.1, 0.15) is 0 Å². The van der Waals surface area contributed by atoms with E-state index in [9.17, 15) is 4.79 Å². The van der Waals surface area contributed by atoms with E-state index < -0.39 is 0 Å². The number of amides is 1. The summed E-state index contributed by atoms with van der Waals surface area (Å²) >= 11 is 0. The number of hydrogen-bond donors (Lipinski definition) is 2. The largest absolute Gasteiger partial charge is 0.377 e. The van der Waals surface area contributed by atoms with E-state index in [1.54, 1.807) is 12.4 Å². The second-order valence-electron chi connectivity index (χ2n) is 6.01. The minimum absolute atomic E-state index is 0.123. The number of nitrogens with one attached hydrogen (secondary N) is 2. The molecule has 1 aromatic heterocycles. The van der Waals surface area contributed by atoms with E-state index in [-0.39, 0.29) is 11.9 Å². The summed E-state index contributed by atoms with van der Waals surface area (Å²) in [5, 5.41) is 6.32. The van der Waals surface area contributed by atoms with Gasteiger partial charge in [0, 0.05) is 24.1 Å². The van der Waals surface area contributed by atoms with Crippen molar-refractivity contribution < 1.29 is 4.79 Å². The number of benzene rings is 2. The number of hydrogen-bond acceptors (Lipinski definition) is 3. The summed E-state index contributed by atoms with van der Waals surface area (Å²) in [7, 11) is 0. The van der Waals surface area contributed by atoms with Crippen molar-refractivity contribution in [2.24, 2.45) is 0 Å². The summed E-state index contributed by atoms with van der Waals surface area (Å²) < 4.78 is 0. The average Bonchev–Trinajstić information content (AvgIpc) is 2.64. The number of rotatable bonds is 5. The topological polar surface area (TPSA) is 54.0 Å². The SMILES string of the molecule is Cc1ccccc1NC(=O)c1cncc(NC(C)c2ccccc2)c1. The number of carbonyl (C=O) groups is 1. The molecule has 126 valence electrons. The molecule has 3 rings (SSSR count). The number of aromatic nitrogens is 1. The molecule has 0 aliphatic carbocycles. The van der Waals surface area contributed by atoms with Crippen molar-refractivity contribution in [3.8, 4) is 0 Å². The van der Waals surface area contributed by atoms with Crippen LogP contribution in [0.1, 0.15) is 34.5 Å². The molecule has 0 fully saturated rings. The van der Waals surface area contributed by atoms with Crippen molar-refractivity contribution in [1.29, 1.82) is 0 Å². The van der Waals surface area contributed by atoms with Gasteiger partial charge in [-0.2, -0.15) is 0 Å². The third-order valence-corrected chi connectivity index (χ3v) is 4.08.